The molecular formula is C48H33N3. The van der Waals surface area contributed by atoms with Gasteiger partial charge in [0.25, 0.3) is 0 Å². The van der Waals surface area contributed by atoms with E-state index in [-0.39, 0.29) is 5.41 Å². The first-order valence-corrected chi connectivity index (χ1v) is 17.5. The zero-order valence-corrected chi connectivity index (χ0v) is 28.4. The summed E-state index contributed by atoms with van der Waals surface area (Å²) in [7, 11) is 0. The van der Waals surface area contributed by atoms with Crippen LogP contribution in [-0.2, 0) is 5.41 Å². The molecule has 0 atom stereocenters. The van der Waals surface area contributed by atoms with Crippen LogP contribution in [0, 0.1) is 0 Å². The van der Waals surface area contributed by atoms with Gasteiger partial charge in [-0.2, -0.15) is 0 Å². The van der Waals surface area contributed by atoms with E-state index in [9.17, 15) is 0 Å². The number of hydrogen-bond donors (Lipinski definition) is 0. The minimum absolute atomic E-state index is 0.0784. The van der Waals surface area contributed by atoms with Crippen molar-refractivity contribution in [2.45, 2.75) is 19.3 Å². The molecule has 240 valence electrons. The molecule has 10 rings (SSSR count). The van der Waals surface area contributed by atoms with E-state index in [1.165, 1.54) is 54.6 Å². The Bertz CT molecular complexity index is 2820. The van der Waals surface area contributed by atoms with Crippen LogP contribution in [0.4, 0.5) is 0 Å². The van der Waals surface area contributed by atoms with E-state index < -0.39 is 0 Å². The van der Waals surface area contributed by atoms with Crippen molar-refractivity contribution >= 4 is 32.3 Å². The smallest absolute Gasteiger partial charge is 0.164 e. The molecule has 0 aliphatic heterocycles. The first-order chi connectivity index (χ1) is 25.0. The van der Waals surface area contributed by atoms with Crippen LogP contribution in [0.1, 0.15) is 25.0 Å². The van der Waals surface area contributed by atoms with Crippen LogP contribution < -0.4 is 0 Å². The Kier molecular flexibility index (Phi) is 6.53. The number of nitrogens with zero attached hydrogens (tertiary/aromatic N) is 3. The molecule has 0 saturated heterocycles. The van der Waals surface area contributed by atoms with Gasteiger partial charge in [0.2, 0.25) is 0 Å². The van der Waals surface area contributed by atoms with Crippen LogP contribution in [-0.4, -0.2) is 15.0 Å². The van der Waals surface area contributed by atoms with Crippen molar-refractivity contribution in [3.63, 3.8) is 0 Å². The Morgan fingerprint density at radius 3 is 1.55 bits per heavy atom. The van der Waals surface area contributed by atoms with Gasteiger partial charge in [0.05, 0.1) is 0 Å². The first-order valence-electron chi connectivity index (χ1n) is 17.5. The molecule has 0 unspecified atom stereocenters. The summed E-state index contributed by atoms with van der Waals surface area (Å²) in [6.45, 7) is 4.70. The molecule has 3 heteroatoms. The molecule has 0 saturated carbocycles. The average Bonchev–Trinajstić information content (AvgIpc) is 3.43. The second-order valence-corrected chi connectivity index (χ2v) is 14.0. The summed E-state index contributed by atoms with van der Waals surface area (Å²) in [6, 6.07) is 58.3. The van der Waals surface area contributed by atoms with Gasteiger partial charge < -0.3 is 0 Å². The highest BCUT2D eigenvalue weighted by atomic mass is 15.0. The standard InChI is InChI=1S/C48H33N3/c1-48(2)43-23-12-11-22-38(43)42-28-40-36-21-10-9-20-35(36)39-27-34(24-25-37(39)41(40)29-44(42)48)47-50-45(31-16-7-4-8-17-31)49-46(51-47)33-19-13-18-32(26-33)30-14-5-3-6-15-30/h3-29H,1-2H3. The molecule has 8 aromatic carbocycles. The predicted octanol–water partition coefficient (Wildman–Crippen LogP) is 12.3. The largest absolute Gasteiger partial charge is 0.208 e. The van der Waals surface area contributed by atoms with Gasteiger partial charge in [0.15, 0.2) is 17.5 Å². The third kappa shape index (κ3) is 4.69. The maximum atomic E-state index is 5.15. The van der Waals surface area contributed by atoms with E-state index in [1.54, 1.807) is 0 Å². The monoisotopic (exact) mass is 651 g/mol. The number of rotatable bonds is 4. The van der Waals surface area contributed by atoms with Crippen LogP contribution in [0.2, 0.25) is 0 Å². The first kappa shape index (κ1) is 29.5. The Morgan fingerprint density at radius 2 is 0.824 bits per heavy atom. The zero-order chi connectivity index (χ0) is 34.1. The van der Waals surface area contributed by atoms with Crippen LogP contribution in [0.3, 0.4) is 0 Å². The van der Waals surface area contributed by atoms with E-state index >= 15 is 0 Å². The van der Waals surface area contributed by atoms with Gasteiger partial charge in [-0.25, -0.2) is 15.0 Å². The molecule has 51 heavy (non-hydrogen) atoms. The van der Waals surface area contributed by atoms with Crippen molar-refractivity contribution in [3.05, 3.63) is 175 Å². The molecular weight excluding hydrogens is 619 g/mol. The lowest BCUT2D eigenvalue weighted by molar-refractivity contribution is 0.661. The van der Waals surface area contributed by atoms with Crippen molar-refractivity contribution in [2.24, 2.45) is 0 Å². The lowest BCUT2D eigenvalue weighted by atomic mass is 9.81. The average molecular weight is 652 g/mol. The molecule has 9 aromatic rings. The van der Waals surface area contributed by atoms with Gasteiger partial charge in [-0.15, -0.1) is 0 Å². The minimum Gasteiger partial charge on any atom is -0.208 e. The van der Waals surface area contributed by atoms with Gasteiger partial charge in [-0.05, 0) is 90.0 Å². The molecule has 0 spiro atoms. The van der Waals surface area contributed by atoms with Crippen molar-refractivity contribution < 1.29 is 0 Å². The summed E-state index contributed by atoms with van der Waals surface area (Å²) in [5.74, 6) is 1.96. The van der Waals surface area contributed by atoms with Crippen molar-refractivity contribution in [1.29, 1.82) is 0 Å². The molecule has 0 N–H and O–H groups in total. The quantitative estimate of drug-likeness (QED) is 0.178. The minimum atomic E-state index is -0.0784. The fourth-order valence-corrected chi connectivity index (χ4v) is 8.11. The predicted molar refractivity (Wildman–Crippen MR) is 212 cm³/mol. The summed E-state index contributed by atoms with van der Waals surface area (Å²) in [6.07, 6.45) is 0. The summed E-state index contributed by atoms with van der Waals surface area (Å²) >= 11 is 0. The molecule has 0 bridgehead atoms. The number of aromatic nitrogens is 3. The molecule has 0 radical (unpaired) electrons. The fraction of sp³-hybridized carbons (Fsp3) is 0.0625. The van der Waals surface area contributed by atoms with Crippen molar-refractivity contribution in [3.8, 4) is 56.4 Å². The summed E-state index contributed by atoms with van der Waals surface area (Å²) in [5, 5.41) is 7.45. The topological polar surface area (TPSA) is 38.7 Å². The van der Waals surface area contributed by atoms with Crippen LogP contribution in [0.25, 0.3) is 88.7 Å². The third-order valence-electron chi connectivity index (χ3n) is 10.7. The maximum Gasteiger partial charge on any atom is 0.164 e. The number of benzene rings is 8. The van der Waals surface area contributed by atoms with Crippen LogP contribution in [0.15, 0.2) is 164 Å². The molecule has 3 nitrogen and oxygen atoms in total. The van der Waals surface area contributed by atoms with Gasteiger partial charge >= 0.3 is 0 Å². The Hall–Kier alpha value is -6.45. The molecule has 0 fully saturated rings. The lowest BCUT2D eigenvalue weighted by Gasteiger charge is -2.22. The lowest BCUT2D eigenvalue weighted by Crippen LogP contribution is -2.14. The molecule has 1 aliphatic carbocycles. The zero-order valence-electron chi connectivity index (χ0n) is 28.4. The Labute approximate surface area is 297 Å². The van der Waals surface area contributed by atoms with E-state index in [1.807, 2.05) is 24.3 Å². The summed E-state index contributed by atoms with van der Waals surface area (Å²) < 4.78 is 0. The number of fused-ring (bicyclic) bond motifs is 9. The van der Waals surface area contributed by atoms with Crippen molar-refractivity contribution in [2.75, 3.05) is 0 Å². The Morgan fingerprint density at radius 1 is 0.314 bits per heavy atom. The molecule has 1 aromatic heterocycles. The number of hydrogen-bond acceptors (Lipinski definition) is 3. The normalized spacial score (nSPS) is 13.1. The highest BCUT2D eigenvalue weighted by Gasteiger charge is 2.35. The second-order valence-electron chi connectivity index (χ2n) is 14.0. The molecule has 1 heterocycles. The van der Waals surface area contributed by atoms with E-state index in [4.69, 9.17) is 15.0 Å². The fourth-order valence-electron chi connectivity index (χ4n) is 8.11. The van der Waals surface area contributed by atoms with E-state index in [2.05, 4.69) is 153 Å². The summed E-state index contributed by atoms with van der Waals surface area (Å²) in [4.78, 5) is 15.3. The maximum absolute atomic E-state index is 5.15. The van der Waals surface area contributed by atoms with Gasteiger partial charge in [0.1, 0.15) is 0 Å². The van der Waals surface area contributed by atoms with E-state index in [0.717, 1.165) is 27.8 Å². The highest BCUT2D eigenvalue weighted by Crippen LogP contribution is 2.51. The third-order valence-corrected chi connectivity index (χ3v) is 10.7. The molecule has 1 aliphatic rings. The van der Waals surface area contributed by atoms with Crippen LogP contribution in [0.5, 0.6) is 0 Å². The van der Waals surface area contributed by atoms with Crippen molar-refractivity contribution in [1.82, 2.24) is 15.0 Å². The van der Waals surface area contributed by atoms with Gasteiger partial charge in [-0.1, -0.05) is 153 Å². The van der Waals surface area contributed by atoms with Gasteiger partial charge in [-0.3, -0.25) is 0 Å². The second kappa shape index (κ2) is 11.3. The summed E-state index contributed by atoms with van der Waals surface area (Å²) in [5.41, 5.74) is 10.5. The SMILES string of the molecule is CC1(C)c2ccccc2-c2cc3c4ccccc4c4cc(-c5nc(-c6ccccc6)nc(-c6cccc(-c7ccccc7)c6)n5)ccc4c3cc21. The van der Waals surface area contributed by atoms with Crippen LogP contribution >= 0.6 is 0 Å². The molecule has 0 amide bonds. The highest BCUT2D eigenvalue weighted by molar-refractivity contribution is 6.26. The van der Waals surface area contributed by atoms with Gasteiger partial charge in [0, 0.05) is 22.1 Å². The van der Waals surface area contributed by atoms with E-state index in [0.29, 0.717) is 17.5 Å². The Balaban J connectivity index is 1.19.